The highest BCUT2D eigenvalue weighted by atomic mass is 79.9. The number of ether oxygens (including phenoxy) is 1. The summed E-state index contributed by atoms with van der Waals surface area (Å²) in [6.45, 7) is 12.1. The molecule has 0 aliphatic heterocycles. The minimum atomic E-state index is -0.0822. The normalized spacial score (nSPS) is 12.8. The van der Waals surface area contributed by atoms with Gasteiger partial charge in [-0.1, -0.05) is 20.8 Å². The second kappa shape index (κ2) is 8.57. The zero-order chi connectivity index (χ0) is 15.1. The molecule has 5 heteroatoms. The van der Waals surface area contributed by atoms with Crippen molar-refractivity contribution in [3.63, 3.8) is 0 Å². The Morgan fingerprint density at radius 1 is 1.20 bits per heavy atom. The summed E-state index contributed by atoms with van der Waals surface area (Å²) in [5.74, 6) is 2.18. The third kappa shape index (κ3) is 5.02. The Morgan fingerprint density at radius 2 is 1.90 bits per heavy atom. The van der Waals surface area contributed by atoms with Crippen LogP contribution in [0.15, 0.2) is 4.47 Å². The van der Waals surface area contributed by atoms with Crippen molar-refractivity contribution >= 4 is 21.7 Å². The summed E-state index contributed by atoms with van der Waals surface area (Å²) in [7, 11) is 0. The number of halogens is 1. The molecule has 4 nitrogen and oxygen atoms in total. The van der Waals surface area contributed by atoms with E-state index in [1.165, 1.54) is 0 Å². The summed E-state index contributed by atoms with van der Waals surface area (Å²) in [5, 5.41) is 3.36. The van der Waals surface area contributed by atoms with E-state index in [1.54, 1.807) is 0 Å². The van der Waals surface area contributed by atoms with Gasteiger partial charge in [-0.05, 0) is 48.5 Å². The number of nitrogens with zero attached hydrogens (tertiary/aromatic N) is 2. The molecule has 0 aromatic carbocycles. The first-order valence-corrected chi connectivity index (χ1v) is 8.20. The van der Waals surface area contributed by atoms with Crippen LogP contribution in [0.1, 0.15) is 58.7 Å². The lowest BCUT2D eigenvalue weighted by Crippen LogP contribution is -2.13. The molecular formula is C15H26BrN3O. The Balaban J connectivity index is 3.11. The molecule has 0 amide bonds. The molecule has 0 radical (unpaired) electrons. The summed E-state index contributed by atoms with van der Waals surface area (Å²) in [6.07, 6.45) is 1.91. The molecule has 0 aliphatic rings. The Kier molecular flexibility index (Phi) is 7.45. The van der Waals surface area contributed by atoms with Crippen molar-refractivity contribution in [3.8, 4) is 0 Å². The van der Waals surface area contributed by atoms with Gasteiger partial charge in [-0.25, -0.2) is 9.97 Å². The van der Waals surface area contributed by atoms with Gasteiger partial charge in [-0.15, -0.1) is 0 Å². The highest BCUT2D eigenvalue weighted by Gasteiger charge is 2.17. The second-order valence-corrected chi connectivity index (χ2v) is 6.11. The van der Waals surface area contributed by atoms with Gasteiger partial charge in [-0.2, -0.15) is 0 Å². The average Bonchev–Trinajstić information content (AvgIpc) is 2.39. The maximum atomic E-state index is 5.62. The molecule has 0 spiro atoms. The van der Waals surface area contributed by atoms with Crippen molar-refractivity contribution in [3.05, 3.63) is 16.0 Å². The molecule has 1 heterocycles. The number of nitrogens with one attached hydrogen (secondary N) is 1. The monoisotopic (exact) mass is 343 g/mol. The highest BCUT2D eigenvalue weighted by Crippen LogP contribution is 2.28. The van der Waals surface area contributed by atoms with Gasteiger partial charge in [0, 0.05) is 13.2 Å². The van der Waals surface area contributed by atoms with E-state index in [9.17, 15) is 0 Å². The molecule has 0 saturated carbocycles. The number of rotatable bonds is 8. The van der Waals surface area contributed by atoms with Gasteiger partial charge < -0.3 is 10.1 Å². The van der Waals surface area contributed by atoms with Crippen molar-refractivity contribution in [2.45, 2.75) is 53.6 Å². The summed E-state index contributed by atoms with van der Waals surface area (Å²) < 4.78 is 6.60. The van der Waals surface area contributed by atoms with Gasteiger partial charge in [0.2, 0.25) is 0 Å². The predicted molar refractivity (Wildman–Crippen MR) is 87.1 cm³/mol. The van der Waals surface area contributed by atoms with Crippen LogP contribution in [0.4, 0.5) is 5.82 Å². The molecule has 114 valence electrons. The van der Waals surface area contributed by atoms with Crippen molar-refractivity contribution in [2.75, 3.05) is 18.5 Å². The highest BCUT2D eigenvalue weighted by molar-refractivity contribution is 9.10. The lowest BCUT2D eigenvalue weighted by Gasteiger charge is -2.17. The van der Waals surface area contributed by atoms with Crippen LogP contribution >= 0.6 is 15.9 Å². The number of hydrogen-bond donors (Lipinski definition) is 1. The van der Waals surface area contributed by atoms with Gasteiger partial charge in [0.1, 0.15) is 11.9 Å². The molecule has 0 fully saturated rings. The lowest BCUT2D eigenvalue weighted by atomic mass is 10.1. The molecular weight excluding hydrogens is 318 g/mol. The van der Waals surface area contributed by atoms with Crippen LogP contribution in [0.2, 0.25) is 0 Å². The van der Waals surface area contributed by atoms with Crippen molar-refractivity contribution < 1.29 is 4.74 Å². The molecule has 1 rings (SSSR count). The standard InChI is InChI=1S/C15H26BrN3O/c1-6-8-17-15-13(16)12(9-10(3)4)18-14(19-15)11(5)20-7-2/h10-11H,6-9H2,1-5H3,(H,17,18,19). The molecule has 1 aromatic heterocycles. The zero-order valence-corrected chi connectivity index (χ0v) is 14.7. The van der Waals surface area contributed by atoms with E-state index < -0.39 is 0 Å². The molecule has 0 bridgehead atoms. The lowest BCUT2D eigenvalue weighted by molar-refractivity contribution is 0.0699. The number of aromatic nitrogens is 2. The summed E-state index contributed by atoms with van der Waals surface area (Å²) >= 11 is 3.63. The fraction of sp³-hybridized carbons (Fsp3) is 0.733. The van der Waals surface area contributed by atoms with E-state index >= 15 is 0 Å². The zero-order valence-electron chi connectivity index (χ0n) is 13.2. The SMILES string of the molecule is CCCNc1nc(C(C)OCC)nc(CC(C)C)c1Br. The van der Waals surface area contributed by atoms with Crippen molar-refractivity contribution in [2.24, 2.45) is 5.92 Å². The molecule has 1 aromatic rings. The largest absolute Gasteiger partial charge is 0.371 e. The first-order chi connectivity index (χ1) is 9.49. The Morgan fingerprint density at radius 3 is 2.45 bits per heavy atom. The third-order valence-electron chi connectivity index (χ3n) is 2.86. The van der Waals surface area contributed by atoms with E-state index in [1.807, 2.05) is 13.8 Å². The first-order valence-electron chi connectivity index (χ1n) is 7.41. The summed E-state index contributed by atoms with van der Waals surface area (Å²) in [6, 6.07) is 0. The summed E-state index contributed by atoms with van der Waals surface area (Å²) in [4.78, 5) is 9.28. The van der Waals surface area contributed by atoms with Crippen LogP contribution < -0.4 is 5.32 Å². The van der Waals surface area contributed by atoms with E-state index in [0.717, 1.165) is 41.2 Å². The van der Waals surface area contributed by atoms with Crippen LogP contribution in [0.5, 0.6) is 0 Å². The fourth-order valence-electron chi connectivity index (χ4n) is 1.90. The van der Waals surface area contributed by atoms with E-state index in [2.05, 4.69) is 52.0 Å². The van der Waals surface area contributed by atoms with Gasteiger partial charge in [0.05, 0.1) is 10.2 Å². The van der Waals surface area contributed by atoms with E-state index in [0.29, 0.717) is 12.5 Å². The minimum Gasteiger partial charge on any atom is -0.371 e. The number of hydrogen-bond acceptors (Lipinski definition) is 4. The van der Waals surface area contributed by atoms with Gasteiger partial charge in [0.15, 0.2) is 5.82 Å². The first kappa shape index (κ1) is 17.4. The van der Waals surface area contributed by atoms with Crippen molar-refractivity contribution in [1.29, 1.82) is 0 Å². The Labute approximate surface area is 130 Å². The quantitative estimate of drug-likeness (QED) is 0.761. The maximum Gasteiger partial charge on any atom is 0.159 e. The van der Waals surface area contributed by atoms with Crippen LogP contribution in [-0.2, 0) is 11.2 Å². The molecule has 1 N–H and O–H groups in total. The smallest absolute Gasteiger partial charge is 0.159 e. The second-order valence-electron chi connectivity index (χ2n) is 5.31. The van der Waals surface area contributed by atoms with Gasteiger partial charge in [-0.3, -0.25) is 0 Å². The average molecular weight is 344 g/mol. The van der Waals surface area contributed by atoms with E-state index in [-0.39, 0.29) is 6.10 Å². The van der Waals surface area contributed by atoms with Crippen LogP contribution in [-0.4, -0.2) is 23.1 Å². The van der Waals surface area contributed by atoms with Gasteiger partial charge >= 0.3 is 0 Å². The third-order valence-corrected chi connectivity index (χ3v) is 3.69. The Hall–Kier alpha value is -0.680. The van der Waals surface area contributed by atoms with Crippen LogP contribution in [0.3, 0.4) is 0 Å². The molecule has 1 atom stereocenters. The minimum absolute atomic E-state index is 0.0822. The molecule has 1 unspecified atom stereocenters. The predicted octanol–water partition coefficient (Wildman–Crippen LogP) is 4.36. The van der Waals surface area contributed by atoms with Crippen LogP contribution in [0, 0.1) is 5.92 Å². The maximum absolute atomic E-state index is 5.62. The molecule has 0 aliphatic carbocycles. The number of anilines is 1. The Bertz CT molecular complexity index is 424. The fourth-order valence-corrected chi connectivity index (χ4v) is 2.38. The van der Waals surface area contributed by atoms with Crippen LogP contribution in [0.25, 0.3) is 0 Å². The topological polar surface area (TPSA) is 47.0 Å². The molecule has 20 heavy (non-hydrogen) atoms. The van der Waals surface area contributed by atoms with Crippen molar-refractivity contribution in [1.82, 2.24) is 9.97 Å². The van der Waals surface area contributed by atoms with E-state index in [4.69, 9.17) is 4.74 Å². The van der Waals surface area contributed by atoms with Gasteiger partial charge in [0.25, 0.3) is 0 Å². The summed E-state index contributed by atoms with van der Waals surface area (Å²) in [5.41, 5.74) is 1.05. The molecule has 0 saturated heterocycles.